The van der Waals surface area contributed by atoms with Crippen molar-refractivity contribution in [3.05, 3.63) is 29.8 Å². The molecule has 0 aromatic heterocycles. The normalized spacial score (nSPS) is 10.8. The summed E-state index contributed by atoms with van der Waals surface area (Å²) in [5.41, 5.74) is 1.33. The molecule has 0 saturated carbocycles. The molecular weight excluding hydrogens is 150 g/mol. The topological polar surface area (TPSA) is 44.2 Å². The molecule has 2 nitrogen and oxygen atoms in total. The fraction of sp³-hybridized carbons (Fsp3) is 0.143. The van der Waals surface area contributed by atoms with Crippen molar-refractivity contribution in [3.8, 4) is 5.75 Å². The molecule has 0 spiro atoms. The maximum absolute atomic E-state index is 5.08. The van der Waals surface area contributed by atoms with Crippen molar-refractivity contribution >= 4 is 12.4 Å². The van der Waals surface area contributed by atoms with Gasteiger partial charge in [-0.3, -0.25) is 0 Å². The third-order valence-corrected chi connectivity index (χ3v) is 1.36. The van der Waals surface area contributed by atoms with E-state index in [0.717, 1.165) is 12.4 Å². The average Bonchev–Trinajstić information content (AvgIpc) is 1.72. The summed E-state index contributed by atoms with van der Waals surface area (Å²) >= 11 is 0. The van der Waals surface area contributed by atoms with Gasteiger partial charge in [0, 0.05) is 5.56 Å². The molecule has 3 N–H and O–H groups in total. The number of halogens is 1. The number of benzene rings is 1. The Bertz CT molecular complexity index is 192. The fourth-order valence-electron chi connectivity index (χ4n) is 0.839. The Morgan fingerprint density at radius 2 is 1.90 bits per heavy atom. The van der Waals surface area contributed by atoms with E-state index in [-0.39, 0.29) is 18.6 Å². The smallest absolute Gasteiger partial charge is 0.126 e. The van der Waals surface area contributed by atoms with Crippen LogP contribution in [-0.2, 0) is 6.61 Å². The van der Waals surface area contributed by atoms with Gasteiger partial charge in [-0.15, -0.1) is 12.4 Å². The van der Waals surface area contributed by atoms with Crippen LogP contribution in [0.3, 0.4) is 0 Å². The Kier molecular flexibility index (Phi) is 3.19. The van der Waals surface area contributed by atoms with Gasteiger partial charge < -0.3 is 10.9 Å². The molecule has 1 aliphatic heterocycles. The van der Waals surface area contributed by atoms with E-state index in [2.05, 4.69) is 6.07 Å². The van der Waals surface area contributed by atoms with Gasteiger partial charge in [-0.2, -0.15) is 0 Å². The Morgan fingerprint density at radius 1 is 1.20 bits per heavy atom. The van der Waals surface area contributed by atoms with Crippen molar-refractivity contribution in [2.45, 2.75) is 6.61 Å². The lowest BCUT2D eigenvalue weighted by molar-refractivity contribution is 0.243. The average molecular weight is 160 g/mol. The molecule has 0 atom stereocenters. The first-order valence-corrected chi connectivity index (χ1v) is 2.67. The third-order valence-electron chi connectivity index (χ3n) is 1.36. The maximum Gasteiger partial charge on any atom is 0.126 e. The number of para-hydroxylation sites is 1. The van der Waals surface area contributed by atoms with Crippen LogP contribution in [0.1, 0.15) is 5.56 Å². The summed E-state index contributed by atoms with van der Waals surface area (Å²) in [6.07, 6.45) is 0. The molecule has 1 aromatic carbocycles. The van der Waals surface area contributed by atoms with Crippen LogP contribution in [0.25, 0.3) is 0 Å². The molecule has 0 saturated heterocycles. The van der Waals surface area contributed by atoms with Gasteiger partial charge in [-0.25, -0.2) is 0 Å². The van der Waals surface area contributed by atoms with Gasteiger partial charge in [-0.1, -0.05) is 18.2 Å². The zero-order valence-corrected chi connectivity index (χ0v) is 6.36. The van der Waals surface area contributed by atoms with E-state index in [1.165, 1.54) is 5.56 Å². The van der Waals surface area contributed by atoms with Crippen molar-refractivity contribution < 1.29 is 4.74 Å². The summed E-state index contributed by atoms with van der Waals surface area (Å²) in [6.45, 7) is 0.802. The van der Waals surface area contributed by atoms with Crippen molar-refractivity contribution in [1.82, 2.24) is 6.15 Å². The second-order valence-corrected chi connectivity index (χ2v) is 1.90. The van der Waals surface area contributed by atoms with E-state index in [0.29, 0.717) is 0 Å². The fourth-order valence-corrected chi connectivity index (χ4v) is 0.839. The SMILES string of the molecule is Cl.N.c1ccc2c(c1)CO2. The first kappa shape index (κ1) is 9.27. The summed E-state index contributed by atoms with van der Waals surface area (Å²) in [5, 5.41) is 0. The van der Waals surface area contributed by atoms with Crippen LogP contribution in [0.5, 0.6) is 5.75 Å². The highest BCUT2D eigenvalue weighted by atomic mass is 35.5. The quantitative estimate of drug-likeness (QED) is 0.631. The second-order valence-electron chi connectivity index (χ2n) is 1.90. The van der Waals surface area contributed by atoms with Gasteiger partial charge in [0.1, 0.15) is 12.4 Å². The highest BCUT2D eigenvalue weighted by Crippen LogP contribution is 2.27. The first-order chi connectivity index (χ1) is 3.97. The van der Waals surface area contributed by atoms with E-state index in [9.17, 15) is 0 Å². The Morgan fingerprint density at radius 3 is 2.20 bits per heavy atom. The molecular formula is C7H10ClNO. The van der Waals surface area contributed by atoms with Gasteiger partial charge in [0.15, 0.2) is 0 Å². The zero-order valence-electron chi connectivity index (χ0n) is 5.54. The van der Waals surface area contributed by atoms with E-state index in [1.807, 2.05) is 18.2 Å². The molecule has 1 aromatic rings. The lowest BCUT2D eigenvalue weighted by Crippen LogP contribution is -2.07. The summed E-state index contributed by atoms with van der Waals surface area (Å²) < 4.78 is 5.08. The minimum atomic E-state index is 0. The van der Waals surface area contributed by atoms with E-state index in [4.69, 9.17) is 4.74 Å². The van der Waals surface area contributed by atoms with E-state index in [1.54, 1.807) is 0 Å². The van der Waals surface area contributed by atoms with Crippen LogP contribution in [0.15, 0.2) is 24.3 Å². The number of rotatable bonds is 0. The van der Waals surface area contributed by atoms with Gasteiger partial charge in [-0.05, 0) is 6.07 Å². The van der Waals surface area contributed by atoms with Crippen LogP contribution in [0, 0.1) is 0 Å². The monoisotopic (exact) mass is 159 g/mol. The Labute approximate surface area is 66.2 Å². The van der Waals surface area contributed by atoms with Crippen LogP contribution >= 0.6 is 12.4 Å². The molecule has 1 heterocycles. The molecule has 56 valence electrons. The van der Waals surface area contributed by atoms with Crippen molar-refractivity contribution in [2.24, 2.45) is 0 Å². The van der Waals surface area contributed by atoms with Crippen LogP contribution < -0.4 is 10.9 Å². The molecule has 2 rings (SSSR count). The standard InChI is InChI=1S/C7H6O.ClH.H3N/c1-2-4-7-6(3-1)5-8-7;;/h1-4H,5H2;1H;1H3. The minimum absolute atomic E-state index is 0. The summed E-state index contributed by atoms with van der Waals surface area (Å²) in [7, 11) is 0. The molecule has 0 unspecified atom stereocenters. The lowest BCUT2D eigenvalue weighted by Gasteiger charge is -2.18. The summed E-state index contributed by atoms with van der Waals surface area (Å²) in [5.74, 6) is 1.05. The van der Waals surface area contributed by atoms with Gasteiger partial charge in [0.2, 0.25) is 0 Å². The molecule has 0 amide bonds. The molecule has 0 radical (unpaired) electrons. The van der Waals surface area contributed by atoms with Gasteiger partial charge >= 0.3 is 0 Å². The number of ether oxygens (including phenoxy) is 1. The largest absolute Gasteiger partial charge is 0.488 e. The van der Waals surface area contributed by atoms with Crippen LogP contribution in [0.2, 0.25) is 0 Å². The third kappa shape index (κ3) is 1.23. The number of fused-ring (bicyclic) bond motifs is 1. The Hall–Kier alpha value is -0.730. The predicted octanol–water partition coefficient (Wildman–Crippen LogP) is 2.16. The van der Waals surface area contributed by atoms with Crippen molar-refractivity contribution in [1.29, 1.82) is 0 Å². The van der Waals surface area contributed by atoms with Crippen molar-refractivity contribution in [3.63, 3.8) is 0 Å². The highest BCUT2D eigenvalue weighted by Gasteiger charge is 2.10. The number of hydrogen-bond acceptors (Lipinski definition) is 2. The number of hydrogen-bond donors (Lipinski definition) is 1. The minimum Gasteiger partial charge on any atom is -0.488 e. The van der Waals surface area contributed by atoms with E-state index < -0.39 is 0 Å². The van der Waals surface area contributed by atoms with Gasteiger partial charge in [0.05, 0.1) is 0 Å². The highest BCUT2D eigenvalue weighted by molar-refractivity contribution is 5.85. The zero-order chi connectivity index (χ0) is 5.40. The maximum atomic E-state index is 5.08. The lowest BCUT2D eigenvalue weighted by atomic mass is 10.1. The Balaban J connectivity index is 0.000000405. The molecule has 0 bridgehead atoms. The molecule has 3 heteroatoms. The second kappa shape index (κ2) is 3.44. The van der Waals surface area contributed by atoms with Crippen LogP contribution in [-0.4, -0.2) is 0 Å². The van der Waals surface area contributed by atoms with Crippen molar-refractivity contribution in [2.75, 3.05) is 0 Å². The summed E-state index contributed by atoms with van der Waals surface area (Å²) in [6, 6.07) is 8.08. The molecule has 10 heavy (non-hydrogen) atoms. The predicted molar refractivity (Wildman–Crippen MR) is 43.0 cm³/mol. The molecule has 0 fully saturated rings. The van der Waals surface area contributed by atoms with E-state index >= 15 is 0 Å². The van der Waals surface area contributed by atoms with Gasteiger partial charge in [0.25, 0.3) is 0 Å². The summed E-state index contributed by atoms with van der Waals surface area (Å²) in [4.78, 5) is 0. The first-order valence-electron chi connectivity index (χ1n) is 2.67. The molecule has 1 aliphatic rings. The van der Waals surface area contributed by atoms with Crippen LogP contribution in [0.4, 0.5) is 0 Å². The molecule has 0 aliphatic carbocycles.